The molecule has 17 heavy (non-hydrogen) atoms. The van der Waals surface area contributed by atoms with E-state index in [-0.39, 0.29) is 12.0 Å². The third-order valence-electron chi connectivity index (χ3n) is 3.16. The quantitative estimate of drug-likeness (QED) is 0.871. The summed E-state index contributed by atoms with van der Waals surface area (Å²) in [5, 5.41) is 5.24. The van der Waals surface area contributed by atoms with Crippen LogP contribution in [-0.4, -0.2) is 25.8 Å². The number of fused-ring (bicyclic) bond motifs is 1. The normalized spacial score (nSPS) is 15.4. The van der Waals surface area contributed by atoms with E-state index >= 15 is 0 Å². The van der Waals surface area contributed by atoms with Crippen molar-refractivity contribution < 1.29 is 0 Å². The number of aryl methyl sites for hydroxylation is 1. The maximum atomic E-state index is 6.08. The van der Waals surface area contributed by atoms with Crippen molar-refractivity contribution in [2.75, 3.05) is 0 Å². The van der Waals surface area contributed by atoms with Crippen LogP contribution in [0.4, 0.5) is 0 Å². The van der Waals surface area contributed by atoms with Crippen LogP contribution in [0.1, 0.15) is 32.4 Å². The summed E-state index contributed by atoms with van der Waals surface area (Å²) in [6, 6.07) is 0.0632. The molecule has 0 aromatic carbocycles. The predicted molar refractivity (Wildman–Crippen MR) is 67.5 cm³/mol. The first-order chi connectivity index (χ1) is 8.02. The van der Waals surface area contributed by atoms with Gasteiger partial charge in [-0.05, 0) is 12.8 Å². The van der Waals surface area contributed by atoms with E-state index in [0.717, 1.165) is 16.7 Å². The molecule has 0 spiro atoms. The van der Waals surface area contributed by atoms with E-state index in [0.29, 0.717) is 5.92 Å². The average molecular weight is 233 g/mol. The van der Waals surface area contributed by atoms with Gasteiger partial charge in [-0.3, -0.25) is 4.68 Å². The lowest BCUT2D eigenvalue weighted by Crippen LogP contribution is -2.29. The number of aromatic nitrogens is 4. The lowest BCUT2D eigenvalue weighted by atomic mass is 9.85. The minimum Gasteiger partial charge on any atom is -0.327 e. The molecular formula is C12H19N5. The first-order valence-corrected chi connectivity index (χ1v) is 5.90. The second-order valence-electron chi connectivity index (χ2n) is 4.89. The van der Waals surface area contributed by atoms with Gasteiger partial charge in [0.05, 0.1) is 17.3 Å². The molecule has 5 nitrogen and oxygen atoms in total. The Bertz CT molecular complexity index is 507. The Labute approximate surface area is 101 Å². The highest BCUT2D eigenvalue weighted by molar-refractivity contribution is 5.77. The Balaban J connectivity index is 2.61. The molecule has 2 aromatic rings. The number of hydrogen-bond donors (Lipinski definition) is 1. The summed E-state index contributed by atoms with van der Waals surface area (Å²) in [5.74, 6) is 0.665. The molecule has 2 atom stereocenters. The van der Waals surface area contributed by atoms with Crippen LogP contribution in [0, 0.1) is 5.92 Å². The highest BCUT2D eigenvalue weighted by Crippen LogP contribution is 2.29. The molecule has 0 aliphatic rings. The fourth-order valence-corrected chi connectivity index (χ4v) is 2.42. The lowest BCUT2D eigenvalue weighted by Gasteiger charge is -2.24. The highest BCUT2D eigenvalue weighted by atomic mass is 15.3. The molecule has 0 aliphatic heterocycles. The molecule has 0 saturated heterocycles. The van der Waals surface area contributed by atoms with Gasteiger partial charge in [0.1, 0.15) is 6.33 Å². The predicted octanol–water partition coefficient (Wildman–Crippen LogP) is 1.45. The molecule has 2 rings (SSSR count). The van der Waals surface area contributed by atoms with E-state index in [2.05, 4.69) is 28.9 Å². The van der Waals surface area contributed by atoms with Gasteiger partial charge in [-0.1, -0.05) is 13.8 Å². The minimum absolute atomic E-state index is 0.0632. The first-order valence-electron chi connectivity index (χ1n) is 5.90. The molecule has 0 radical (unpaired) electrons. The van der Waals surface area contributed by atoms with Crippen molar-refractivity contribution in [2.45, 2.75) is 32.7 Å². The van der Waals surface area contributed by atoms with E-state index in [1.165, 1.54) is 0 Å². The van der Waals surface area contributed by atoms with Gasteiger partial charge in [-0.15, -0.1) is 0 Å². The fourth-order valence-electron chi connectivity index (χ4n) is 2.42. The molecule has 5 heteroatoms. The molecule has 2 heterocycles. The van der Waals surface area contributed by atoms with Gasteiger partial charge in [0.2, 0.25) is 0 Å². The van der Waals surface area contributed by atoms with Crippen LogP contribution in [0.3, 0.4) is 0 Å². The van der Waals surface area contributed by atoms with Gasteiger partial charge in [0.25, 0.3) is 0 Å². The van der Waals surface area contributed by atoms with Crippen molar-refractivity contribution >= 4 is 11.0 Å². The third kappa shape index (κ3) is 2.02. The summed E-state index contributed by atoms with van der Waals surface area (Å²) in [6.07, 6.45) is 3.42. The molecule has 2 aromatic heterocycles. The maximum Gasteiger partial charge on any atom is 0.161 e. The zero-order valence-corrected chi connectivity index (χ0v) is 10.8. The Hall–Kier alpha value is -1.49. The Morgan fingerprint density at radius 1 is 1.24 bits per heavy atom. The van der Waals surface area contributed by atoms with Crippen molar-refractivity contribution in [2.24, 2.45) is 18.7 Å². The van der Waals surface area contributed by atoms with Crippen LogP contribution in [0.25, 0.3) is 11.0 Å². The summed E-state index contributed by atoms with van der Waals surface area (Å²) in [6.45, 7) is 6.35. The van der Waals surface area contributed by atoms with Crippen molar-refractivity contribution in [1.29, 1.82) is 0 Å². The van der Waals surface area contributed by atoms with E-state index in [1.54, 1.807) is 11.0 Å². The van der Waals surface area contributed by atoms with E-state index in [4.69, 9.17) is 5.73 Å². The van der Waals surface area contributed by atoms with Gasteiger partial charge >= 0.3 is 0 Å². The average Bonchev–Trinajstić information content (AvgIpc) is 2.61. The second-order valence-corrected chi connectivity index (χ2v) is 4.89. The highest BCUT2D eigenvalue weighted by Gasteiger charge is 2.24. The maximum absolute atomic E-state index is 6.08. The van der Waals surface area contributed by atoms with Gasteiger partial charge in [0, 0.05) is 19.0 Å². The van der Waals surface area contributed by atoms with Crippen molar-refractivity contribution in [3.05, 3.63) is 18.2 Å². The van der Waals surface area contributed by atoms with Gasteiger partial charge in [-0.2, -0.15) is 5.10 Å². The molecule has 0 fully saturated rings. The minimum atomic E-state index is 0.0632. The SMILES string of the molecule is CC(C)C(c1ncnc2c1cnn2C)C(C)N. The van der Waals surface area contributed by atoms with Crippen LogP contribution in [-0.2, 0) is 7.05 Å². The van der Waals surface area contributed by atoms with Crippen molar-refractivity contribution in [3.8, 4) is 0 Å². The van der Waals surface area contributed by atoms with Crippen LogP contribution in [0.15, 0.2) is 12.5 Å². The Morgan fingerprint density at radius 2 is 1.94 bits per heavy atom. The zero-order valence-electron chi connectivity index (χ0n) is 10.8. The largest absolute Gasteiger partial charge is 0.327 e. The standard InChI is InChI=1S/C12H19N5/c1-7(2)10(8(3)13)11-9-5-16-17(4)12(9)15-6-14-11/h5-8,10H,13H2,1-4H3. The number of nitrogens with two attached hydrogens (primary N) is 1. The van der Waals surface area contributed by atoms with Crippen molar-refractivity contribution in [1.82, 2.24) is 19.7 Å². The molecule has 92 valence electrons. The van der Waals surface area contributed by atoms with Crippen LogP contribution in [0.5, 0.6) is 0 Å². The zero-order chi connectivity index (χ0) is 12.6. The topological polar surface area (TPSA) is 69.6 Å². The van der Waals surface area contributed by atoms with Crippen molar-refractivity contribution in [3.63, 3.8) is 0 Å². The molecule has 0 aliphatic carbocycles. The van der Waals surface area contributed by atoms with Gasteiger partial charge in [-0.25, -0.2) is 9.97 Å². The first kappa shape index (κ1) is 12.0. The molecular weight excluding hydrogens is 214 g/mol. The molecule has 0 amide bonds. The summed E-state index contributed by atoms with van der Waals surface area (Å²) in [7, 11) is 1.88. The summed E-state index contributed by atoms with van der Waals surface area (Å²) < 4.78 is 1.76. The second kappa shape index (κ2) is 4.41. The lowest BCUT2D eigenvalue weighted by molar-refractivity contribution is 0.429. The number of rotatable bonds is 3. The number of hydrogen-bond acceptors (Lipinski definition) is 4. The summed E-state index contributed by atoms with van der Waals surface area (Å²) >= 11 is 0. The van der Waals surface area contributed by atoms with Gasteiger partial charge < -0.3 is 5.73 Å². The molecule has 2 unspecified atom stereocenters. The monoisotopic (exact) mass is 233 g/mol. The molecule has 0 bridgehead atoms. The fraction of sp³-hybridized carbons (Fsp3) is 0.583. The summed E-state index contributed by atoms with van der Waals surface area (Å²) in [5.41, 5.74) is 7.95. The van der Waals surface area contributed by atoms with E-state index in [9.17, 15) is 0 Å². The van der Waals surface area contributed by atoms with Crippen LogP contribution < -0.4 is 5.73 Å². The molecule has 0 saturated carbocycles. The van der Waals surface area contributed by atoms with Crippen LogP contribution in [0.2, 0.25) is 0 Å². The van der Waals surface area contributed by atoms with Crippen LogP contribution >= 0.6 is 0 Å². The van der Waals surface area contributed by atoms with E-state index in [1.807, 2.05) is 20.2 Å². The third-order valence-corrected chi connectivity index (χ3v) is 3.16. The smallest absolute Gasteiger partial charge is 0.161 e. The number of nitrogens with zero attached hydrogens (tertiary/aromatic N) is 4. The van der Waals surface area contributed by atoms with Gasteiger partial charge in [0.15, 0.2) is 5.65 Å². The van der Waals surface area contributed by atoms with E-state index < -0.39 is 0 Å². The molecule has 2 N–H and O–H groups in total. The summed E-state index contributed by atoms with van der Waals surface area (Å²) in [4.78, 5) is 8.67. The Morgan fingerprint density at radius 3 is 2.53 bits per heavy atom. The Kier molecular flexibility index (Phi) is 3.11.